The molecule has 1 N–H and O–H groups in total. The van der Waals surface area contributed by atoms with Crippen molar-refractivity contribution in [2.45, 2.75) is 39.7 Å². The maximum absolute atomic E-state index is 12.9. The van der Waals surface area contributed by atoms with Crippen molar-refractivity contribution in [3.05, 3.63) is 59.2 Å². The first kappa shape index (κ1) is 18.9. The first-order chi connectivity index (χ1) is 13.5. The Bertz CT molecular complexity index is 982. The van der Waals surface area contributed by atoms with Crippen LogP contribution in [0, 0.1) is 19.8 Å². The van der Waals surface area contributed by atoms with Crippen molar-refractivity contribution in [3.63, 3.8) is 0 Å². The lowest BCUT2D eigenvalue weighted by molar-refractivity contribution is -0.125. The van der Waals surface area contributed by atoms with Crippen LogP contribution in [-0.4, -0.2) is 24.0 Å². The molecule has 2 atom stereocenters. The van der Waals surface area contributed by atoms with E-state index >= 15 is 0 Å². The topological polar surface area (TPSA) is 45.2 Å². The fourth-order valence-corrected chi connectivity index (χ4v) is 5.19. The van der Waals surface area contributed by atoms with E-state index in [2.05, 4.69) is 48.3 Å². The number of fused-ring (bicyclic) bond motifs is 1. The van der Waals surface area contributed by atoms with Crippen LogP contribution in [0.15, 0.2) is 42.5 Å². The van der Waals surface area contributed by atoms with Gasteiger partial charge in [-0.2, -0.15) is 0 Å². The molecule has 2 heterocycles. The molecule has 4 nitrogen and oxygen atoms in total. The summed E-state index contributed by atoms with van der Waals surface area (Å²) in [4.78, 5) is 20.1. The van der Waals surface area contributed by atoms with Gasteiger partial charge < -0.3 is 10.2 Å². The van der Waals surface area contributed by atoms with Gasteiger partial charge in [0.15, 0.2) is 5.13 Å². The standard InChI is InChI=1S/C23H27N3OS/c1-15-12-16(2)21-20(13-15)28-23(25-21)26-11-7-10-19(14-26)22(27)24-17(3)18-8-5-4-6-9-18/h4-6,8-9,12-13,17,19H,7,10-11,14H2,1-3H3,(H,24,27)/t17-,19-/m1/s1. The number of carbonyl (C=O) groups excluding carboxylic acids is 1. The Hall–Kier alpha value is -2.40. The van der Waals surface area contributed by atoms with Gasteiger partial charge in [0.25, 0.3) is 0 Å². The van der Waals surface area contributed by atoms with Crippen LogP contribution in [0.5, 0.6) is 0 Å². The predicted molar refractivity (Wildman–Crippen MR) is 117 cm³/mol. The molecule has 1 aromatic heterocycles. The van der Waals surface area contributed by atoms with Gasteiger partial charge in [-0.25, -0.2) is 4.98 Å². The number of anilines is 1. The van der Waals surface area contributed by atoms with Crippen LogP contribution in [0.3, 0.4) is 0 Å². The maximum Gasteiger partial charge on any atom is 0.225 e. The number of benzene rings is 2. The zero-order valence-electron chi connectivity index (χ0n) is 16.7. The number of thiazole rings is 1. The van der Waals surface area contributed by atoms with Gasteiger partial charge in [-0.15, -0.1) is 0 Å². The number of rotatable bonds is 4. The number of hydrogen-bond acceptors (Lipinski definition) is 4. The molecule has 146 valence electrons. The summed E-state index contributed by atoms with van der Waals surface area (Å²) in [5.41, 5.74) is 4.72. The summed E-state index contributed by atoms with van der Waals surface area (Å²) < 4.78 is 1.23. The molecule has 2 aromatic carbocycles. The number of nitrogens with one attached hydrogen (secondary N) is 1. The van der Waals surface area contributed by atoms with Crippen molar-refractivity contribution in [1.29, 1.82) is 0 Å². The van der Waals surface area contributed by atoms with Crippen LogP contribution in [-0.2, 0) is 4.79 Å². The van der Waals surface area contributed by atoms with E-state index in [1.807, 2.05) is 25.1 Å². The number of aromatic nitrogens is 1. The highest BCUT2D eigenvalue weighted by Crippen LogP contribution is 2.33. The van der Waals surface area contributed by atoms with E-state index in [9.17, 15) is 4.79 Å². The van der Waals surface area contributed by atoms with E-state index < -0.39 is 0 Å². The number of aryl methyl sites for hydroxylation is 2. The molecule has 1 amide bonds. The fourth-order valence-electron chi connectivity index (χ4n) is 4.02. The molecule has 1 saturated heterocycles. The number of carbonyl (C=O) groups is 1. The van der Waals surface area contributed by atoms with Crippen molar-refractivity contribution in [2.75, 3.05) is 18.0 Å². The summed E-state index contributed by atoms with van der Waals surface area (Å²) in [6.45, 7) is 8.00. The van der Waals surface area contributed by atoms with Crippen LogP contribution in [0.2, 0.25) is 0 Å². The van der Waals surface area contributed by atoms with E-state index in [0.29, 0.717) is 0 Å². The largest absolute Gasteiger partial charge is 0.349 e. The van der Waals surface area contributed by atoms with Crippen molar-refractivity contribution >= 4 is 32.6 Å². The van der Waals surface area contributed by atoms with Crippen LogP contribution < -0.4 is 10.2 Å². The molecule has 1 aliphatic rings. The van der Waals surface area contributed by atoms with Crippen LogP contribution in [0.1, 0.15) is 42.5 Å². The summed E-state index contributed by atoms with van der Waals surface area (Å²) in [6.07, 6.45) is 1.96. The van der Waals surface area contributed by atoms with Gasteiger partial charge in [0.2, 0.25) is 5.91 Å². The van der Waals surface area contributed by atoms with E-state index in [0.717, 1.165) is 42.1 Å². The quantitative estimate of drug-likeness (QED) is 0.678. The van der Waals surface area contributed by atoms with Crippen molar-refractivity contribution in [2.24, 2.45) is 5.92 Å². The normalized spacial score (nSPS) is 18.2. The first-order valence-electron chi connectivity index (χ1n) is 9.99. The zero-order valence-corrected chi connectivity index (χ0v) is 17.6. The molecule has 0 unspecified atom stereocenters. The molecule has 5 heteroatoms. The Kier molecular flexibility index (Phi) is 5.36. The zero-order chi connectivity index (χ0) is 19.7. The molecule has 0 saturated carbocycles. The third-order valence-electron chi connectivity index (χ3n) is 5.54. The van der Waals surface area contributed by atoms with Crippen LogP contribution in [0.4, 0.5) is 5.13 Å². The van der Waals surface area contributed by atoms with Crippen molar-refractivity contribution in [3.8, 4) is 0 Å². The third kappa shape index (κ3) is 3.90. The number of piperidine rings is 1. The maximum atomic E-state index is 12.9. The minimum Gasteiger partial charge on any atom is -0.349 e. The molecule has 28 heavy (non-hydrogen) atoms. The Balaban J connectivity index is 1.47. The Morgan fingerprint density at radius 2 is 2.04 bits per heavy atom. The average Bonchev–Trinajstić information content (AvgIpc) is 3.13. The summed E-state index contributed by atoms with van der Waals surface area (Å²) in [6, 6.07) is 14.6. The van der Waals surface area contributed by atoms with Gasteiger partial charge in [-0.1, -0.05) is 47.7 Å². The number of hydrogen-bond donors (Lipinski definition) is 1. The van der Waals surface area contributed by atoms with Crippen molar-refractivity contribution < 1.29 is 4.79 Å². The fraction of sp³-hybridized carbons (Fsp3) is 0.391. The summed E-state index contributed by atoms with van der Waals surface area (Å²) in [7, 11) is 0. The summed E-state index contributed by atoms with van der Waals surface area (Å²) in [5.74, 6) is 0.156. The molecule has 0 radical (unpaired) electrons. The third-order valence-corrected chi connectivity index (χ3v) is 6.60. The number of nitrogens with zero attached hydrogens (tertiary/aromatic N) is 2. The van der Waals surface area contributed by atoms with E-state index in [1.165, 1.54) is 15.8 Å². The van der Waals surface area contributed by atoms with Gasteiger partial charge >= 0.3 is 0 Å². The Labute approximate surface area is 170 Å². The predicted octanol–water partition coefficient (Wildman–Crippen LogP) is 5.01. The molecule has 3 aromatic rings. The van der Waals surface area contributed by atoms with Crippen LogP contribution in [0.25, 0.3) is 10.2 Å². The highest BCUT2D eigenvalue weighted by atomic mass is 32.1. The molecule has 0 bridgehead atoms. The SMILES string of the molecule is Cc1cc(C)c2nc(N3CCC[C@@H](C(=O)N[C@H](C)c4ccccc4)C3)sc2c1. The Morgan fingerprint density at radius 3 is 2.82 bits per heavy atom. The summed E-state index contributed by atoms with van der Waals surface area (Å²) in [5, 5.41) is 4.24. The van der Waals surface area contributed by atoms with E-state index in [-0.39, 0.29) is 17.9 Å². The van der Waals surface area contributed by atoms with Crippen LogP contribution >= 0.6 is 11.3 Å². The molecule has 0 aliphatic carbocycles. The summed E-state index contributed by atoms with van der Waals surface area (Å²) >= 11 is 1.74. The first-order valence-corrected chi connectivity index (χ1v) is 10.8. The average molecular weight is 394 g/mol. The van der Waals surface area contributed by atoms with E-state index in [1.54, 1.807) is 11.3 Å². The van der Waals surface area contributed by atoms with E-state index in [4.69, 9.17) is 4.98 Å². The molecular weight excluding hydrogens is 366 g/mol. The molecular formula is C23H27N3OS. The number of amides is 1. The van der Waals surface area contributed by atoms with Gasteiger partial charge in [0.05, 0.1) is 22.2 Å². The van der Waals surface area contributed by atoms with Gasteiger partial charge in [-0.3, -0.25) is 4.79 Å². The minimum atomic E-state index is 0.00903. The minimum absolute atomic E-state index is 0.00903. The monoisotopic (exact) mass is 393 g/mol. The second-order valence-corrected chi connectivity index (χ2v) is 8.86. The second kappa shape index (κ2) is 7.92. The highest BCUT2D eigenvalue weighted by Gasteiger charge is 2.28. The van der Waals surface area contributed by atoms with Gasteiger partial charge in [-0.05, 0) is 56.4 Å². The van der Waals surface area contributed by atoms with Gasteiger partial charge in [0.1, 0.15) is 0 Å². The van der Waals surface area contributed by atoms with Gasteiger partial charge in [0, 0.05) is 13.1 Å². The lowest BCUT2D eigenvalue weighted by Crippen LogP contribution is -2.43. The molecule has 4 rings (SSSR count). The highest BCUT2D eigenvalue weighted by molar-refractivity contribution is 7.22. The second-order valence-electron chi connectivity index (χ2n) is 7.85. The molecule has 1 fully saturated rings. The Morgan fingerprint density at radius 1 is 1.25 bits per heavy atom. The molecule has 0 spiro atoms. The lowest BCUT2D eigenvalue weighted by atomic mass is 9.96. The van der Waals surface area contributed by atoms with Crippen molar-refractivity contribution in [1.82, 2.24) is 10.3 Å². The molecule has 1 aliphatic heterocycles. The smallest absolute Gasteiger partial charge is 0.225 e. The lowest BCUT2D eigenvalue weighted by Gasteiger charge is -2.32.